The monoisotopic (exact) mass is 815 g/mol. The molecule has 0 spiro atoms. The van der Waals surface area contributed by atoms with Crippen LogP contribution in [0.3, 0.4) is 0 Å². The predicted molar refractivity (Wildman–Crippen MR) is 271 cm³/mol. The maximum absolute atomic E-state index is 6.47. The first kappa shape index (κ1) is 37.3. The molecule has 12 rings (SSSR count). The number of fused-ring (bicyclic) bond motifs is 6. The van der Waals surface area contributed by atoms with Crippen molar-refractivity contribution in [3.63, 3.8) is 0 Å². The Labute approximate surface area is 372 Å². The Bertz CT molecular complexity index is 3650. The van der Waals surface area contributed by atoms with Crippen molar-refractivity contribution in [3.8, 4) is 55.6 Å². The van der Waals surface area contributed by atoms with E-state index in [2.05, 4.69) is 241 Å². The van der Waals surface area contributed by atoms with Crippen molar-refractivity contribution in [1.29, 1.82) is 0 Å². The van der Waals surface area contributed by atoms with Crippen molar-refractivity contribution >= 4 is 60.5 Å². The molecule has 0 radical (unpaired) electrons. The zero-order valence-corrected chi connectivity index (χ0v) is 35.0. The fourth-order valence-corrected chi connectivity index (χ4v) is 9.73. The van der Waals surface area contributed by atoms with Crippen molar-refractivity contribution in [3.05, 3.63) is 249 Å². The third-order valence-corrected chi connectivity index (χ3v) is 12.7. The molecular weight excluding hydrogens is 775 g/mol. The summed E-state index contributed by atoms with van der Waals surface area (Å²) in [6, 6.07) is 89.7. The van der Waals surface area contributed by atoms with Gasteiger partial charge in [0.15, 0.2) is 0 Å². The third-order valence-electron chi connectivity index (χ3n) is 12.7. The lowest BCUT2D eigenvalue weighted by atomic mass is 9.84. The molecule has 11 aromatic carbocycles. The fourth-order valence-electron chi connectivity index (χ4n) is 9.73. The number of hydrogen-bond donors (Lipinski definition) is 0. The Morgan fingerprint density at radius 3 is 1.52 bits per heavy atom. The van der Waals surface area contributed by atoms with Gasteiger partial charge in [0.05, 0.1) is 5.69 Å². The summed E-state index contributed by atoms with van der Waals surface area (Å²) < 4.78 is 6.47. The molecule has 1 aromatic heterocycles. The molecule has 0 fully saturated rings. The van der Waals surface area contributed by atoms with E-state index >= 15 is 0 Å². The molecule has 300 valence electrons. The molecule has 0 amide bonds. The van der Waals surface area contributed by atoms with Gasteiger partial charge < -0.3 is 9.32 Å². The van der Waals surface area contributed by atoms with Crippen LogP contribution in [0.15, 0.2) is 253 Å². The van der Waals surface area contributed by atoms with Gasteiger partial charge in [-0.05, 0) is 109 Å². The van der Waals surface area contributed by atoms with E-state index in [1.807, 2.05) is 12.1 Å². The van der Waals surface area contributed by atoms with Crippen molar-refractivity contribution in [2.24, 2.45) is 0 Å². The summed E-state index contributed by atoms with van der Waals surface area (Å²) in [6.45, 7) is 0. The SMILES string of the molecule is c1ccc(-c2ccccc2N(c2ccc(-c3cccc4c3oc3ccccc34)cc2)c2cccc(-c3ccc4c(c3)c(-c3ccccc3)c(-c3ccccc3)c3ccccc34)c2)cc1. The molecule has 0 N–H and O–H groups in total. The van der Waals surface area contributed by atoms with Gasteiger partial charge in [-0.3, -0.25) is 0 Å². The quantitative estimate of drug-likeness (QED) is 0.142. The number of nitrogens with zero attached hydrogens (tertiary/aromatic N) is 1. The van der Waals surface area contributed by atoms with Crippen LogP contribution in [-0.2, 0) is 0 Å². The zero-order valence-electron chi connectivity index (χ0n) is 35.0. The Morgan fingerprint density at radius 1 is 0.266 bits per heavy atom. The second-order valence-electron chi connectivity index (χ2n) is 16.4. The summed E-state index contributed by atoms with van der Waals surface area (Å²) in [5, 5.41) is 7.23. The van der Waals surface area contributed by atoms with Crippen LogP contribution in [0.1, 0.15) is 0 Å². The summed E-state index contributed by atoms with van der Waals surface area (Å²) in [7, 11) is 0. The van der Waals surface area contributed by atoms with Gasteiger partial charge in [-0.25, -0.2) is 0 Å². The minimum atomic E-state index is 0.901. The van der Waals surface area contributed by atoms with E-state index in [0.29, 0.717) is 0 Å². The minimum absolute atomic E-state index is 0.901. The maximum atomic E-state index is 6.47. The van der Waals surface area contributed by atoms with Gasteiger partial charge in [0.2, 0.25) is 0 Å². The molecule has 0 aliphatic rings. The zero-order chi connectivity index (χ0) is 42.4. The van der Waals surface area contributed by atoms with E-state index in [1.165, 1.54) is 43.8 Å². The van der Waals surface area contributed by atoms with Crippen LogP contribution >= 0.6 is 0 Å². The van der Waals surface area contributed by atoms with Crippen LogP contribution in [0.25, 0.3) is 99.1 Å². The highest BCUT2D eigenvalue weighted by Gasteiger charge is 2.21. The van der Waals surface area contributed by atoms with Gasteiger partial charge in [-0.1, -0.05) is 206 Å². The minimum Gasteiger partial charge on any atom is -0.455 e. The molecule has 1 heterocycles. The number of benzene rings is 11. The molecule has 0 bridgehead atoms. The highest BCUT2D eigenvalue weighted by molar-refractivity contribution is 6.22. The van der Waals surface area contributed by atoms with Crippen LogP contribution < -0.4 is 4.90 Å². The molecule has 2 nitrogen and oxygen atoms in total. The van der Waals surface area contributed by atoms with E-state index in [0.717, 1.165) is 72.4 Å². The van der Waals surface area contributed by atoms with Crippen molar-refractivity contribution < 1.29 is 4.42 Å². The highest BCUT2D eigenvalue weighted by Crippen LogP contribution is 2.47. The Hall–Kier alpha value is -8.46. The third kappa shape index (κ3) is 6.44. The van der Waals surface area contributed by atoms with E-state index < -0.39 is 0 Å². The van der Waals surface area contributed by atoms with Crippen LogP contribution in [0.5, 0.6) is 0 Å². The van der Waals surface area contributed by atoms with E-state index in [1.54, 1.807) is 0 Å². The van der Waals surface area contributed by atoms with Crippen molar-refractivity contribution in [1.82, 2.24) is 0 Å². The number of rotatable bonds is 8. The summed E-state index contributed by atoms with van der Waals surface area (Å²) >= 11 is 0. The normalized spacial score (nSPS) is 11.4. The molecule has 0 saturated heterocycles. The summed E-state index contributed by atoms with van der Waals surface area (Å²) in [5.74, 6) is 0. The summed E-state index contributed by atoms with van der Waals surface area (Å²) in [5.41, 5.74) is 16.7. The molecule has 12 aromatic rings. The largest absolute Gasteiger partial charge is 0.455 e. The Balaban J connectivity index is 1.04. The van der Waals surface area contributed by atoms with E-state index in [4.69, 9.17) is 4.42 Å². The van der Waals surface area contributed by atoms with Gasteiger partial charge in [0, 0.05) is 33.3 Å². The van der Waals surface area contributed by atoms with Crippen LogP contribution in [0.4, 0.5) is 17.1 Å². The number of furan rings is 1. The molecule has 0 unspecified atom stereocenters. The number of anilines is 3. The predicted octanol–water partition coefficient (Wildman–Crippen LogP) is 17.7. The second-order valence-corrected chi connectivity index (χ2v) is 16.4. The second kappa shape index (κ2) is 15.8. The molecule has 0 saturated carbocycles. The maximum Gasteiger partial charge on any atom is 0.143 e. The molecule has 64 heavy (non-hydrogen) atoms. The lowest BCUT2D eigenvalue weighted by Crippen LogP contribution is -2.11. The molecular formula is C62H41NO. The Kier molecular flexibility index (Phi) is 9.20. The van der Waals surface area contributed by atoms with E-state index in [-0.39, 0.29) is 0 Å². The Morgan fingerprint density at radius 2 is 0.766 bits per heavy atom. The fraction of sp³-hybridized carbons (Fsp3) is 0. The standard InChI is InChI=1S/C62H41NO/c1-4-18-42(19-5-1)50-26-12-14-32-58(50)63(48-37-34-43(35-38-48)51-30-17-31-56-54-28-13-15-33-59(54)64-62(51)56)49-25-16-24-46(40-49)47-36-39-53-52-27-10-11-29-55(52)60(44-20-6-2-7-21-44)61(57(53)41-47)45-22-8-3-9-23-45/h1-41H. The van der Waals surface area contributed by atoms with Crippen molar-refractivity contribution in [2.45, 2.75) is 0 Å². The lowest BCUT2D eigenvalue weighted by Gasteiger charge is -2.28. The van der Waals surface area contributed by atoms with Gasteiger partial charge in [-0.2, -0.15) is 0 Å². The topological polar surface area (TPSA) is 16.4 Å². The molecule has 0 atom stereocenters. The van der Waals surface area contributed by atoms with E-state index in [9.17, 15) is 0 Å². The van der Waals surface area contributed by atoms with Crippen LogP contribution in [0.2, 0.25) is 0 Å². The average Bonchev–Trinajstić information content (AvgIpc) is 3.76. The highest BCUT2D eigenvalue weighted by atomic mass is 16.3. The smallest absolute Gasteiger partial charge is 0.143 e. The lowest BCUT2D eigenvalue weighted by molar-refractivity contribution is 0.670. The molecule has 0 aliphatic carbocycles. The van der Waals surface area contributed by atoms with Gasteiger partial charge in [-0.15, -0.1) is 0 Å². The summed E-state index contributed by atoms with van der Waals surface area (Å²) in [6.07, 6.45) is 0. The van der Waals surface area contributed by atoms with Gasteiger partial charge in [0.1, 0.15) is 11.2 Å². The first-order valence-electron chi connectivity index (χ1n) is 21.9. The van der Waals surface area contributed by atoms with Crippen LogP contribution in [0, 0.1) is 0 Å². The van der Waals surface area contributed by atoms with Crippen molar-refractivity contribution in [2.75, 3.05) is 4.90 Å². The first-order valence-corrected chi connectivity index (χ1v) is 21.9. The van der Waals surface area contributed by atoms with Gasteiger partial charge in [0.25, 0.3) is 0 Å². The molecule has 0 aliphatic heterocycles. The first-order chi connectivity index (χ1) is 31.8. The number of para-hydroxylation sites is 3. The average molecular weight is 816 g/mol. The van der Waals surface area contributed by atoms with Crippen LogP contribution in [-0.4, -0.2) is 0 Å². The molecule has 2 heteroatoms. The number of hydrogen-bond acceptors (Lipinski definition) is 2. The summed E-state index contributed by atoms with van der Waals surface area (Å²) in [4.78, 5) is 2.40. The van der Waals surface area contributed by atoms with Gasteiger partial charge >= 0.3 is 0 Å².